The van der Waals surface area contributed by atoms with Gasteiger partial charge in [0.05, 0.1) is 19.8 Å². The van der Waals surface area contributed by atoms with E-state index in [-0.39, 0.29) is 5.97 Å². The van der Waals surface area contributed by atoms with E-state index >= 15 is 0 Å². The summed E-state index contributed by atoms with van der Waals surface area (Å²) in [6, 6.07) is 13.8. The Morgan fingerprint density at radius 2 is 1.83 bits per heavy atom. The molecule has 0 saturated carbocycles. The molecule has 1 aliphatic carbocycles. The van der Waals surface area contributed by atoms with Gasteiger partial charge in [0.2, 0.25) is 0 Å². The molecule has 0 aliphatic heterocycles. The summed E-state index contributed by atoms with van der Waals surface area (Å²) >= 11 is 0. The molecular formula is C20H20O3. The zero-order valence-corrected chi connectivity index (χ0v) is 13.5. The molecule has 0 bridgehead atoms. The van der Waals surface area contributed by atoms with Crippen LogP contribution in [0.25, 0.3) is 11.6 Å². The highest BCUT2D eigenvalue weighted by Gasteiger charge is 2.15. The van der Waals surface area contributed by atoms with Gasteiger partial charge >= 0.3 is 5.97 Å². The molecule has 0 atom stereocenters. The average molecular weight is 308 g/mol. The van der Waals surface area contributed by atoms with E-state index in [4.69, 9.17) is 9.47 Å². The van der Waals surface area contributed by atoms with E-state index in [1.165, 1.54) is 23.8 Å². The molecule has 2 aromatic carbocycles. The number of methoxy groups -OCH3 is 2. The number of allylic oxidation sites excluding steroid dienone is 1. The van der Waals surface area contributed by atoms with Crippen LogP contribution in [-0.4, -0.2) is 20.2 Å². The van der Waals surface area contributed by atoms with Crippen molar-refractivity contribution in [2.24, 2.45) is 0 Å². The fraction of sp³-hybridized carbons (Fsp3) is 0.250. The van der Waals surface area contributed by atoms with E-state index < -0.39 is 0 Å². The Morgan fingerprint density at radius 3 is 2.52 bits per heavy atom. The van der Waals surface area contributed by atoms with Gasteiger partial charge in [0.25, 0.3) is 0 Å². The lowest BCUT2D eigenvalue weighted by Crippen LogP contribution is -2.02. The summed E-state index contributed by atoms with van der Waals surface area (Å²) in [5, 5.41) is 0. The Kier molecular flexibility index (Phi) is 4.47. The van der Waals surface area contributed by atoms with Crippen molar-refractivity contribution < 1.29 is 14.3 Å². The minimum absolute atomic E-state index is 0.308. The summed E-state index contributed by atoms with van der Waals surface area (Å²) < 4.78 is 10.1. The third-order valence-corrected chi connectivity index (χ3v) is 4.23. The number of carbonyl (C=O) groups is 1. The minimum atomic E-state index is -0.308. The van der Waals surface area contributed by atoms with E-state index in [1.807, 2.05) is 18.2 Å². The summed E-state index contributed by atoms with van der Waals surface area (Å²) in [7, 11) is 3.09. The van der Waals surface area contributed by atoms with Crippen LogP contribution in [0.1, 0.15) is 39.9 Å². The molecule has 23 heavy (non-hydrogen) atoms. The van der Waals surface area contributed by atoms with E-state index in [9.17, 15) is 4.79 Å². The van der Waals surface area contributed by atoms with E-state index in [0.717, 1.165) is 30.6 Å². The molecule has 3 heteroatoms. The zero-order chi connectivity index (χ0) is 16.2. The lowest BCUT2D eigenvalue weighted by Gasteiger charge is -2.20. The molecule has 0 N–H and O–H groups in total. The molecular weight excluding hydrogens is 288 g/mol. The molecule has 2 aromatic rings. The molecule has 0 saturated heterocycles. The van der Waals surface area contributed by atoms with Crippen molar-refractivity contribution in [3.8, 4) is 5.75 Å². The number of esters is 1. The number of rotatable bonds is 3. The molecule has 0 amide bonds. The smallest absolute Gasteiger partial charge is 0.337 e. The van der Waals surface area contributed by atoms with Crippen LogP contribution >= 0.6 is 0 Å². The summed E-state index contributed by atoms with van der Waals surface area (Å²) in [5.41, 5.74) is 5.61. The van der Waals surface area contributed by atoms with E-state index in [0.29, 0.717) is 5.56 Å². The number of hydrogen-bond donors (Lipinski definition) is 0. The van der Waals surface area contributed by atoms with Crippen molar-refractivity contribution in [2.75, 3.05) is 14.2 Å². The largest absolute Gasteiger partial charge is 0.497 e. The van der Waals surface area contributed by atoms with Gasteiger partial charge in [-0.05, 0) is 65.8 Å². The van der Waals surface area contributed by atoms with Crippen LogP contribution in [0.3, 0.4) is 0 Å². The van der Waals surface area contributed by atoms with Gasteiger partial charge in [0, 0.05) is 0 Å². The molecule has 3 rings (SSSR count). The van der Waals surface area contributed by atoms with Gasteiger partial charge in [0.15, 0.2) is 0 Å². The molecule has 0 radical (unpaired) electrons. The van der Waals surface area contributed by atoms with Crippen LogP contribution < -0.4 is 4.74 Å². The van der Waals surface area contributed by atoms with Crippen molar-refractivity contribution in [1.29, 1.82) is 0 Å². The van der Waals surface area contributed by atoms with Gasteiger partial charge in [0.1, 0.15) is 5.75 Å². The van der Waals surface area contributed by atoms with E-state index in [2.05, 4.69) is 18.2 Å². The first-order valence-electron chi connectivity index (χ1n) is 7.77. The highest BCUT2D eigenvalue weighted by molar-refractivity contribution is 5.90. The summed E-state index contributed by atoms with van der Waals surface area (Å²) in [5.74, 6) is 0.578. The van der Waals surface area contributed by atoms with Crippen LogP contribution in [0.2, 0.25) is 0 Å². The van der Waals surface area contributed by atoms with Crippen molar-refractivity contribution in [2.45, 2.75) is 19.3 Å². The third-order valence-electron chi connectivity index (χ3n) is 4.23. The number of hydrogen-bond acceptors (Lipinski definition) is 3. The van der Waals surface area contributed by atoms with Crippen LogP contribution in [0.15, 0.2) is 42.5 Å². The number of ether oxygens (including phenoxy) is 2. The number of aryl methyl sites for hydroxylation is 1. The standard InChI is InChI=1S/C20H20O3/c1-22-18-11-10-15-4-3-5-17(19(15)13-18)12-14-6-8-16(9-7-14)20(21)23-2/h6-13H,3-5H2,1-2H3/b17-12+. The normalized spacial score (nSPS) is 15.1. The van der Waals surface area contributed by atoms with Crippen LogP contribution in [0.4, 0.5) is 0 Å². The van der Waals surface area contributed by atoms with Gasteiger partial charge < -0.3 is 9.47 Å². The van der Waals surface area contributed by atoms with Crippen molar-refractivity contribution in [3.63, 3.8) is 0 Å². The highest BCUT2D eigenvalue weighted by Crippen LogP contribution is 2.34. The summed E-state index contributed by atoms with van der Waals surface area (Å²) in [6.45, 7) is 0. The number of fused-ring (bicyclic) bond motifs is 1. The predicted octanol–water partition coefficient (Wildman–Crippen LogP) is 4.36. The van der Waals surface area contributed by atoms with E-state index in [1.54, 1.807) is 19.2 Å². The molecule has 118 valence electrons. The first kappa shape index (κ1) is 15.3. The fourth-order valence-electron chi connectivity index (χ4n) is 2.99. The molecule has 0 fully saturated rings. The Balaban J connectivity index is 1.93. The van der Waals surface area contributed by atoms with Crippen molar-refractivity contribution in [1.82, 2.24) is 0 Å². The van der Waals surface area contributed by atoms with Gasteiger partial charge in [-0.15, -0.1) is 0 Å². The van der Waals surface area contributed by atoms with Gasteiger partial charge in [-0.25, -0.2) is 4.79 Å². The Hall–Kier alpha value is -2.55. The maximum absolute atomic E-state index is 11.5. The average Bonchev–Trinajstić information content (AvgIpc) is 2.61. The van der Waals surface area contributed by atoms with Crippen LogP contribution in [-0.2, 0) is 11.2 Å². The highest BCUT2D eigenvalue weighted by atomic mass is 16.5. The SMILES string of the molecule is COC(=O)c1ccc(/C=C2\CCCc3ccc(OC)cc32)cc1. The Labute approximate surface area is 136 Å². The number of carbonyl (C=O) groups excluding carboxylic acids is 1. The minimum Gasteiger partial charge on any atom is -0.497 e. The Morgan fingerprint density at radius 1 is 1.04 bits per heavy atom. The zero-order valence-electron chi connectivity index (χ0n) is 13.5. The summed E-state index contributed by atoms with van der Waals surface area (Å²) in [4.78, 5) is 11.5. The van der Waals surface area contributed by atoms with Gasteiger partial charge in [-0.3, -0.25) is 0 Å². The van der Waals surface area contributed by atoms with Crippen molar-refractivity contribution >= 4 is 17.6 Å². The lowest BCUT2D eigenvalue weighted by atomic mass is 9.86. The maximum atomic E-state index is 11.5. The first-order valence-corrected chi connectivity index (χ1v) is 7.77. The fourth-order valence-corrected chi connectivity index (χ4v) is 2.99. The van der Waals surface area contributed by atoms with Crippen LogP contribution in [0, 0.1) is 0 Å². The lowest BCUT2D eigenvalue weighted by molar-refractivity contribution is 0.0600. The second kappa shape index (κ2) is 6.69. The summed E-state index contributed by atoms with van der Waals surface area (Å²) in [6.07, 6.45) is 5.51. The molecule has 3 nitrogen and oxygen atoms in total. The number of benzene rings is 2. The predicted molar refractivity (Wildman–Crippen MR) is 91.6 cm³/mol. The molecule has 0 aromatic heterocycles. The van der Waals surface area contributed by atoms with Crippen molar-refractivity contribution in [3.05, 3.63) is 64.7 Å². The molecule has 0 unspecified atom stereocenters. The maximum Gasteiger partial charge on any atom is 0.337 e. The first-order chi connectivity index (χ1) is 11.2. The van der Waals surface area contributed by atoms with Gasteiger partial charge in [-0.1, -0.05) is 24.3 Å². The van der Waals surface area contributed by atoms with Crippen LogP contribution in [0.5, 0.6) is 5.75 Å². The van der Waals surface area contributed by atoms with Gasteiger partial charge in [-0.2, -0.15) is 0 Å². The monoisotopic (exact) mass is 308 g/mol. The topological polar surface area (TPSA) is 35.5 Å². The molecule has 0 spiro atoms. The second-order valence-electron chi connectivity index (χ2n) is 5.66. The molecule has 0 heterocycles. The quantitative estimate of drug-likeness (QED) is 0.790. The molecule has 1 aliphatic rings. The second-order valence-corrected chi connectivity index (χ2v) is 5.66. The Bertz CT molecular complexity index is 742. The third kappa shape index (κ3) is 3.29.